The Hall–Kier alpha value is -3.10. The van der Waals surface area contributed by atoms with Crippen molar-refractivity contribution in [3.05, 3.63) is 83.1 Å². The summed E-state index contributed by atoms with van der Waals surface area (Å²) in [7, 11) is -3.78. The van der Waals surface area contributed by atoms with Gasteiger partial charge in [-0.1, -0.05) is 23.8 Å². The summed E-state index contributed by atoms with van der Waals surface area (Å²) < 4.78 is 40.0. The van der Waals surface area contributed by atoms with Crippen molar-refractivity contribution in [2.24, 2.45) is 0 Å². The van der Waals surface area contributed by atoms with Crippen LogP contribution in [-0.4, -0.2) is 20.0 Å². The highest BCUT2D eigenvalue weighted by Gasteiger charge is 2.28. The molecular weight excluding hydrogens is 444 g/mol. The maximum atomic E-state index is 13.5. The molecule has 2 heterocycles. The number of nitrogens with zero attached hydrogens (tertiary/aromatic N) is 2. The number of rotatable bonds is 8. The van der Waals surface area contributed by atoms with Crippen molar-refractivity contribution >= 4 is 27.0 Å². The monoisotopic (exact) mass is 468 g/mol. The van der Waals surface area contributed by atoms with Gasteiger partial charge in [0.05, 0.1) is 18.8 Å². The minimum absolute atomic E-state index is 0.0510. The molecule has 0 aliphatic carbocycles. The highest BCUT2D eigenvalue weighted by Crippen LogP contribution is 2.31. The summed E-state index contributed by atoms with van der Waals surface area (Å²) in [5.41, 5.74) is 3.04. The van der Waals surface area contributed by atoms with Gasteiger partial charge in [-0.3, -0.25) is 4.31 Å². The Kier molecular flexibility index (Phi) is 6.34. The highest BCUT2D eigenvalue weighted by molar-refractivity contribution is 7.94. The van der Waals surface area contributed by atoms with Gasteiger partial charge in [0.2, 0.25) is 5.89 Å². The molecule has 0 bridgehead atoms. The second kappa shape index (κ2) is 9.18. The number of sulfonamides is 1. The fourth-order valence-electron chi connectivity index (χ4n) is 3.32. The SMILES string of the molecule is CCOc1ccc(N(Cc2nc(-c3cccc(C)c3)oc2C)S(=O)(=O)c2cccs2)cc1. The molecule has 2 aromatic heterocycles. The molecule has 4 aromatic rings. The lowest BCUT2D eigenvalue weighted by atomic mass is 10.1. The Morgan fingerprint density at radius 1 is 1.06 bits per heavy atom. The number of thiophene rings is 1. The number of ether oxygens (including phenoxy) is 1. The van der Waals surface area contributed by atoms with Gasteiger partial charge in [0.25, 0.3) is 10.0 Å². The van der Waals surface area contributed by atoms with E-state index in [0.29, 0.717) is 35.4 Å². The molecule has 166 valence electrons. The zero-order valence-corrected chi connectivity index (χ0v) is 19.7. The molecule has 0 aliphatic heterocycles. The molecule has 0 radical (unpaired) electrons. The van der Waals surface area contributed by atoms with Crippen molar-refractivity contribution in [3.8, 4) is 17.2 Å². The van der Waals surface area contributed by atoms with Crippen LogP contribution in [0.3, 0.4) is 0 Å². The Balaban J connectivity index is 1.73. The summed E-state index contributed by atoms with van der Waals surface area (Å²) in [5.74, 6) is 1.74. The third-order valence-corrected chi connectivity index (χ3v) is 8.07. The van der Waals surface area contributed by atoms with Crippen molar-refractivity contribution in [1.29, 1.82) is 0 Å². The molecule has 0 saturated heterocycles. The molecule has 0 aliphatic rings. The zero-order chi connectivity index (χ0) is 22.7. The Morgan fingerprint density at radius 2 is 1.84 bits per heavy atom. The summed E-state index contributed by atoms with van der Waals surface area (Å²) >= 11 is 1.18. The van der Waals surface area contributed by atoms with Crippen LogP contribution in [0.25, 0.3) is 11.5 Å². The van der Waals surface area contributed by atoms with E-state index >= 15 is 0 Å². The standard InChI is InChI=1S/C24H24N2O4S2/c1-4-29-21-12-10-20(11-13-21)26(32(27,28)23-9-6-14-31-23)16-22-18(3)30-24(25-22)19-8-5-7-17(2)15-19/h5-15H,4,16H2,1-3H3. The first-order valence-electron chi connectivity index (χ1n) is 10.2. The lowest BCUT2D eigenvalue weighted by molar-refractivity contribution is 0.340. The number of aromatic nitrogens is 1. The van der Waals surface area contributed by atoms with Crippen LogP contribution in [0.1, 0.15) is 23.9 Å². The van der Waals surface area contributed by atoms with Gasteiger partial charge >= 0.3 is 0 Å². The van der Waals surface area contributed by atoms with Crippen molar-refractivity contribution in [2.75, 3.05) is 10.9 Å². The molecule has 2 aromatic carbocycles. The van der Waals surface area contributed by atoms with Gasteiger partial charge in [0.1, 0.15) is 21.4 Å². The van der Waals surface area contributed by atoms with Crippen LogP contribution in [0.2, 0.25) is 0 Å². The number of hydrogen-bond acceptors (Lipinski definition) is 6. The van der Waals surface area contributed by atoms with Gasteiger partial charge in [-0.25, -0.2) is 13.4 Å². The largest absolute Gasteiger partial charge is 0.494 e. The lowest BCUT2D eigenvalue weighted by Crippen LogP contribution is -2.30. The Labute approximate surface area is 192 Å². The van der Waals surface area contributed by atoms with E-state index in [-0.39, 0.29) is 10.8 Å². The molecule has 0 unspecified atom stereocenters. The number of anilines is 1. The molecule has 0 atom stereocenters. The van der Waals surface area contributed by atoms with Crippen LogP contribution in [0, 0.1) is 13.8 Å². The molecule has 0 spiro atoms. The highest BCUT2D eigenvalue weighted by atomic mass is 32.2. The molecule has 0 amide bonds. The Morgan fingerprint density at radius 3 is 2.50 bits per heavy atom. The first-order chi connectivity index (χ1) is 15.4. The second-order valence-corrected chi connectivity index (χ2v) is 10.3. The third kappa shape index (κ3) is 4.56. The predicted molar refractivity (Wildman–Crippen MR) is 127 cm³/mol. The Bertz CT molecular complexity index is 1290. The summed E-state index contributed by atoms with van der Waals surface area (Å²) in [6, 6.07) is 18.2. The van der Waals surface area contributed by atoms with E-state index in [1.54, 1.807) is 48.7 Å². The van der Waals surface area contributed by atoms with E-state index in [0.717, 1.165) is 11.1 Å². The molecule has 0 N–H and O–H groups in total. The van der Waals surface area contributed by atoms with Crippen molar-refractivity contribution < 1.29 is 17.6 Å². The number of aryl methyl sites for hydroxylation is 2. The fraction of sp³-hybridized carbons (Fsp3) is 0.208. The average Bonchev–Trinajstić information content (AvgIpc) is 3.44. The van der Waals surface area contributed by atoms with E-state index in [1.807, 2.05) is 38.1 Å². The molecular formula is C24H24N2O4S2. The fourth-order valence-corrected chi connectivity index (χ4v) is 5.85. The third-order valence-electron chi connectivity index (χ3n) is 4.93. The topological polar surface area (TPSA) is 72.6 Å². The predicted octanol–water partition coefficient (Wildman–Crippen LogP) is 5.81. The minimum atomic E-state index is -3.78. The van der Waals surface area contributed by atoms with Crippen LogP contribution in [-0.2, 0) is 16.6 Å². The first kappa shape index (κ1) is 22.1. The van der Waals surface area contributed by atoms with Crippen LogP contribution >= 0.6 is 11.3 Å². The summed E-state index contributed by atoms with van der Waals surface area (Å²) in [4.78, 5) is 4.63. The molecule has 32 heavy (non-hydrogen) atoms. The summed E-state index contributed by atoms with van der Waals surface area (Å²) in [6.07, 6.45) is 0. The van der Waals surface area contributed by atoms with Crippen molar-refractivity contribution in [1.82, 2.24) is 4.98 Å². The maximum Gasteiger partial charge on any atom is 0.274 e. The van der Waals surface area contributed by atoms with Gasteiger partial charge in [0.15, 0.2) is 0 Å². The van der Waals surface area contributed by atoms with E-state index in [9.17, 15) is 8.42 Å². The zero-order valence-electron chi connectivity index (χ0n) is 18.1. The second-order valence-electron chi connectivity index (χ2n) is 7.26. The number of hydrogen-bond donors (Lipinski definition) is 0. The first-order valence-corrected chi connectivity index (χ1v) is 12.5. The van der Waals surface area contributed by atoms with E-state index in [1.165, 1.54) is 15.6 Å². The van der Waals surface area contributed by atoms with E-state index in [4.69, 9.17) is 9.15 Å². The number of benzene rings is 2. The van der Waals surface area contributed by atoms with Crippen molar-refractivity contribution in [2.45, 2.75) is 31.5 Å². The van der Waals surface area contributed by atoms with Gasteiger partial charge in [-0.05, 0) is 68.6 Å². The van der Waals surface area contributed by atoms with Gasteiger partial charge in [0, 0.05) is 5.56 Å². The van der Waals surface area contributed by atoms with Gasteiger partial charge in [-0.15, -0.1) is 11.3 Å². The minimum Gasteiger partial charge on any atom is -0.494 e. The summed E-state index contributed by atoms with van der Waals surface area (Å²) in [5, 5.41) is 1.75. The summed E-state index contributed by atoms with van der Waals surface area (Å²) in [6.45, 7) is 6.30. The molecule has 8 heteroatoms. The smallest absolute Gasteiger partial charge is 0.274 e. The maximum absolute atomic E-state index is 13.5. The van der Waals surface area contributed by atoms with E-state index < -0.39 is 10.0 Å². The quantitative estimate of drug-likeness (QED) is 0.326. The van der Waals surface area contributed by atoms with Crippen LogP contribution in [0.4, 0.5) is 5.69 Å². The molecule has 4 rings (SSSR count). The molecule has 0 fully saturated rings. The molecule has 6 nitrogen and oxygen atoms in total. The van der Waals surface area contributed by atoms with Crippen LogP contribution in [0.5, 0.6) is 5.75 Å². The average molecular weight is 469 g/mol. The molecule has 0 saturated carbocycles. The van der Waals surface area contributed by atoms with Gasteiger partial charge in [-0.2, -0.15) is 0 Å². The normalized spacial score (nSPS) is 11.5. The van der Waals surface area contributed by atoms with Crippen LogP contribution in [0.15, 0.2) is 74.7 Å². The number of oxazole rings is 1. The lowest BCUT2D eigenvalue weighted by Gasteiger charge is -2.23. The van der Waals surface area contributed by atoms with Crippen LogP contribution < -0.4 is 9.04 Å². The van der Waals surface area contributed by atoms with E-state index in [2.05, 4.69) is 4.98 Å². The van der Waals surface area contributed by atoms with Crippen molar-refractivity contribution in [3.63, 3.8) is 0 Å². The van der Waals surface area contributed by atoms with Gasteiger partial charge < -0.3 is 9.15 Å².